The maximum Gasteiger partial charge on any atom is 3.00 e. The molecule has 0 spiro atoms. The average Bonchev–Trinajstić information content (AvgIpc) is 2.57. The summed E-state index contributed by atoms with van der Waals surface area (Å²) in [5.74, 6) is -0.404. The van der Waals surface area contributed by atoms with Gasteiger partial charge in [0.15, 0.2) is 5.43 Å². The average molecular weight is 395 g/mol. The third kappa shape index (κ3) is 3.79. The fourth-order valence-corrected chi connectivity index (χ4v) is 2.40. The van der Waals surface area contributed by atoms with Crippen molar-refractivity contribution in [2.45, 2.75) is 13.5 Å². The number of benzene rings is 1. The van der Waals surface area contributed by atoms with Crippen LogP contribution < -0.4 is 10.7 Å². The summed E-state index contributed by atoms with van der Waals surface area (Å²) in [6, 6.07) is 11.2. The molecule has 3 rings (SSSR count). The Morgan fingerprint density at radius 1 is 1.25 bits per heavy atom. The van der Waals surface area contributed by atoms with Gasteiger partial charge in [-0.1, -0.05) is 36.0 Å². The van der Waals surface area contributed by atoms with Gasteiger partial charge in [0.2, 0.25) is 0 Å². The third-order valence-electron chi connectivity index (χ3n) is 3.72. The molecule has 24 heavy (non-hydrogen) atoms. The molecule has 0 radical (unpaired) electrons. The molecular formula is C18H16N3O2Y+2. The number of hydrogen-bond donors (Lipinski definition) is 1. The molecule has 2 heterocycles. The molecule has 0 atom stereocenters. The molecule has 116 valence electrons. The molecule has 0 fully saturated rings. The fourth-order valence-electron chi connectivity index (χ4n) is 2.40. The Bertz CT molecular complexity index is 933. The van der Waals surface area contributed by atoms with Crippen LogP contribution in [0.2, 0.25) is 0 Å². The number of rotatable bonds is 3. The van der Waals surface area contributed by atoms with Crippen molar-refractivity contribution >= 4 is 16.9 Å². The molecule has 0 aliphatic carbocycles. The molecular weight excluding hydrogens is 379 g/mol. The van der Waals surface area contributed by atoms with Gasteiger partial charge in [-0.3, -0.25) is 4.79 Å². The van der Waals surface area contributed by atoms with Crippen molar-refractivity contribution in [2.24, 2.45) is 7.05 Å². The minimum atomic E-state index is -0.404. The first-order valence-corrected chi connectivity index (χ1v) is 7.26. The molecule has 0 aliphatic heterocycles. The first-order valence-electron chi connectivity index (χ1n) is 7.26. The second kappa shape index (κ2) is 7.82. The number of nitrogens with zero attached hydrogens (tertiary/aromatic N) is 2. The molecule has 0 aliphatic rings. The zero-order valence-corrected chi connectivity index (χ0v) is 16.4. The fraction of sp³-hybridized carbons (Fsp3) is 0.167. The minimum Gasteiger partial charge on any atom is -0.381 e. The van der Waals surface area contributed by atoms with E-state index in [2.05, 4.69) is 16.5 Å². The number of fused-ring (bicyclic) bond motifs is 1. The molecule has 3 aromatic rings. The first-order chi connectivity index (χ1) is 11.1. The van der Waals surface area contributed by atoms with Crippen LogP contribution in [0.25, 0.3) is 11.0 Å². The molecule has 1 amide bonds. The summed E-state index contributed by atoms with van der Waals surface area (Å²) in [7, 11) is 1.78. The van der Waals surface area contributed by atoms with E-state index in [9.17, 15) is 9.59 Å². The van der Waals surface area contributed by atoms with Gasteiger partial charge in [0.1, 0.15) is 0 Å². The number of amides is 1. The van der Waals surface area contributed by atoms with Crippen molar-refractivity contribution in [3.8, 4) is 0 Å². The Labute approximate surface area is 165 Å². The van der Waals surface area contributed by atoms with Gasteiger partial charge in [-0.05, 0) is 18.0 Å². The third-order valence-corrected chi connectivity index (χ3v) is 3.72. The van der Waals surface area contributed by atoms with Crippen molar-refractivity contribution < 1.29 is 37.5 Å². The van der Waals surface area contributed by atoms with Crippen molar-refractivity contribution in [3.63, 3.8) is 0 Å². The molecule has 0 saturated carbocycles. The maximum atomic E-state index is 12.4. The summed E-state index contributed by atoms with van der Waals surface area (Å²) in [5.41, 5.74) is 2.76. The van der Waals surface area contributed by atoms with Gasteiger partial charge < -0.3 is 19.7 Å². The van der Waals surface area contributed by atoms with E-state index < -0.39 is 5.91 Å². The van der Waals surface area contributed by atoms with Crippen LogP contribution in [-0.2, 0) is 46.3 Å². The van der Waals surface area contributed by atoms with Crippen molar-refractivity contribution in [1.82, 2.24) is 14.9 Å². The molecule has 6 heteroatoms. The van der Waals surface area contributed by atoms with E-state index in [4.69, 9.17) is 0 Å². The first kappa shape index (κ1) is 18.5. The van der Waals surface area contributed by atoms with E-state index in [0.717, 1.165) is 11.1 Å². The summed E-state index contributed by atoms with van der Waals surface area (Å²) in [6.45, 7) is 2.37. The van der Waals surface area contributed by atoms with E-state index in [-0.39, 0.29) is 49.2 Å². The molecule has 2 aromatic heterocycles. The second-order valence-corrected chi connectivity index (χ2v) is 5.46. The standard InChI is InChI=1S/C18H16N3O2.Y/c1-12-5-7-13(8-6-12)10-20-18(23)14-11-21(2)15-4-3-9-19-16(15)17(14)22;/h3-8,11H,10H2,1-2H3,(H,20,23);/q-1;+3. The summed E-state index contributed by atoms with van der Waals surface area (Å²) < 4.78 is 1.72. The van der Waals surface area contributed by atoms with Crippen LogP contribution in [0.4, 0.5) is 0 Å². The van der Waals surface area contributed by atoms with E-state index in [1.807, 2.05) is 31.2 Å². The largest absolute Gasteiger partial charge is 3.00 e. The molecule has 5 nitrogen and oxygen atoms in total. The zero-order valence-electron chi connectivity index (χ0n) is 13.5. The van der Waals surface area contributed by atoms with Gasteiger partial charge in [-0.15, -0.1) is 6.07 Å². The topological polar surface area (TPSA) is 64.0 Å². The van der Waals surface area contributed by atoms with Gasteiger partial charge in [0.25, 0.3) is 5.91 Å². The molecule has 1 aromatic carbocycles. The SMILES string of the molecule is Cc1ccc(CNC(=O)c2cn(C)c3cc[c-]nc3c2=O)cc1.[Y+3]. The van der Waals surface area contributed by atoms with E-state index in [0.29, 0.717) is 12.1 Å². The summed E-state index contributed by atoms with van der Waals surface area (Å²) >= 11 is 0. The van der Waals surface area contributed by atoms with Gasteiger partial charge >= 0.3 is 32.7 Å². The van der Waals surface area contributed by atoms with Crippen LogP contribution in [0.1, 0.15) is 21.5 Å². The van der Waals surface area contributed by atoms with E-state index in [1.165, 1.54) is 6.20 Å². The Hall–Kier alpha value is -1.85. The molecule has 0 saturated heterocycles. The quantitative estimate of drug-likeness (QED) is 0.690. The van der Waals surface area contributed by atoms with Crippen LogP contribution in [0.5, 0.6) is 0 Å². The van der Waals surface area contributed by atoms with Crippen LogP contribution in [-0.4, -0.2) is 15.5 Å². The van der Waals surface area contributed by atoms with E-state index >= 15 is 0 Å². The number of nitrogens with one attached hydrogen (secondary N) is 1. The van der Waals surface area contributed by atoms with Gasteiger partial charge in [-0.25, -0.2) is 0 Å². The number of aromatic nitrogens is 2. The monoisotopic (exact) mass is 395 g/mol. The normalized spacial score (nSPS) is 10.2. The number of aryl methyl sites for hydroxylation is 2. The van der Waals surface area contributed by atoms with Crippen LogP contribution >= 0.6 is 0 Å². The number of carbonyl (C=O) groups excluding carboxylic acids is 1. The number of carbonyl (C=O) groups is 1. The Kier molecular flexibility index (Phi) is 6.02. The van der Waals surface area contributed by atoms with Crippen molar-refractivity contribution in [3.05, 3.63) is 75.7 Å². The van der Waals surface area contributed by atoms with Gasteiger partial charge in [0, 0.05) is 25.3 Å². The van der Waals surface area contributed by atoms with Crippen molar-refractivity contribution in [1.29, 1.82) is 0 Å². The molecule has 0 unspecified atom stereocenters. The molecule has 1 N–H and O–H groups in total. The maximum absolute atomic E-state index is 12.4. The van der Waals surface area contributed by atoms with Crippen LogP contribution in [0.3, 0.4) is 0 Å². The Morgan fingerprint density at radius 3 is 2.67 bits per heavy atom. The number of hydrogen-bond acceptors (Lipinski definition) is 3. The summed E-state index contributed by atoms with van der Waals surface area (Å²) in [5, 5.41) is 2.78. The number of pyridine rings is 2. The van der Waals surface area contributed by atoms with Gasteiger partial charge in [0.05, 0.1) is 5.56 Å². The Morgan fingerprint density at radius 2 is 1.96 bits per heavy atom. The Balaban J connectivity index is 0.00000208. The van der Waals surface area contributed by atoms with E-state index in [1.54, 1.807) is 23.7 Å². The summed E-state index contributed by atoms with van der Waals surface area (Å²) in [4.78, 5) is 28.7. The predicted octanol–water partition coefficient (Wildman–Crippen LogP) is 1.97. The second-order valence-electron chi connectivity index (χ2n) is 5.46. The molecule has 0 bridgehead atoms. The predicted molar refractivity (Wildman–Crippen MR) is 88.2 cm³/mol. The minimum absolute atomic E-state index is 0. The smallest absolute Gasteiger partial charge is 0.381 e. The van der Waals surface area contributed by atoms with Gasteiger partial charge in [-0.2, -0.15) is 6.07 Å². The van der Waals surface area contributed by atoms with Crippen molar-refractivity contribution in [2.75, 3.05) is 0 Å². The van der Waals surface area contributed by atoms with Crippen LogP contribution in [0.15, 0.2) is 47.4 Å². The zero-order chi connectivity index (χ0) is 16.4. The van der Waals surface area contributed by atoms with Crippen LogP contribution in [0, 0.1) is 13.1 Å². The summed E-state index contributed by atoms with van der Waals surface area (Å²) in [6.07, 6.45) is 4.18.